The standard InChI is InChI=1S/C15H20O8/c16-3-7-18-5-1-13-20-9-15(10-21-13)11-22-14(23-12-15)2-6-19-8-4-17/h7-8,13-14H,1-2,5-6,9-12H2. The maximum Gasteiger partial charge on any atom is 0.166 e. The van der Waals surface area contributed by atoms with E-state index in [1.54, 1.807) is 0 Å². The zero-order valence-corrected chi connectivity index (χ0v) is 12.7. The molecule has 1 spiro atoms. The molecule has 0 saturated carbocycles. The van der Waals surface area contributed by atoms with Gasteiger partial charge in [-0.3, -0.25) is 0 Å². The average molecular weight is 328 g/mol. The summed E-state index contributed by atoms with van der Waals surface area (Å²) in [5, 5.41) is 0. The number of rotatable bonds is 8. The first-order valence-electron chi connectivity index (χ1n) is 7.36. The van der Waals surface area contributed by atoms with Gasteiger partial charge in [0, 0.05) is 12.8 Å². The minimum atomic E-state index is -0.359. The molecule has 0 aromatic rings. The molecule has 0 aromatic carbocycles. The summed E-state index contributed by atoms with van der Waals surface area (Å²) in [5.41, 5.74) is -0.305. The van der Waals surface area contributed by atoms with Crippen molar-refractivity contribution in [3.63, 3.8) is 0 Å². The van der Waals surface area contributed by atoms with Crippen LogP contribution in [0.25, 0.3) is 0 Å². The number of ether oxygens (including phenoxy) is 6. The van der Waals surface area contributed by atoms with E-state index >= 15 is 0 Å². The van der Waals surface area contributed by atoms with E-state index in [0.29, 0.717) is 52.5 Å². The molecule has 2 saturated heterocycles. The highest BCUT2D eigenvalue weighted by Crippen LogP contribution is 2.31. The fourth-order valence-corrected chi connectivity index (χ4v) is 2.27. The highest BCUT2D eigenvalue weighted by atomic mass is 16.7. The monoisotopic (exact) mass is 328 g/mol. The van der Waals surface area contributed by atoms with Gasteiger partial charge in [-0.05, 0) is 0 Å². The highest BCUT2D eigenvalue weighted by molar-refractivity contribution is 5.42. The lowest BCUT2D eigenvalue weighted by Crippen LogP contribution is -2.52. The van der Waals surface area contributed by atoms with Gasteiger partial charge < -0.3 is 28.4 Å². The topological polar surface area (TPSA) is 89.5 Å². The van der Waals surface area contributed by atoms with Crippen molar-refractivity contribution in [2.75, 3.05) is 39.6 Å². The Bertz CT molecular complexity index is 391. The lowest BCUT2D eigenvalue weighted by atomic mass is 9.90. The van der Waals surface area contributed by atoms with Crippen LogP contribution in [0, 0.1) is 5.41 Å². The second-order valence-corrected chi connectivity index (χ2v) is 5.39. The van der Waals surface area contributed by atoms with E-state index in [1.807, 2.05) is 0 Å². The van der Waals surface area contributed by atoms with Crippen molar-refractivity contribution in [1.82, 2.24) is 0 Å². The molecule has 2 rings (SSSR count). The predicted molar refractivity (Wildman–Crippen MR) is 75.5 cm³/mol. The third-order valence-electron chi connectivity index (χ3n) is 3.51. The molecule has 2 fully saturated rings. The quantitative estimate of drug-likeness (QED) is 0.355. The summed E-state index contributed by atoms with van der Waals surface area (Å²) in [6.45, 7) is 2.54. The summed E-state index contributed by atoms with van der Waals surface area (Å²) in [6, 6.07) is 0. The zero-order valence-electron chi connectivity index (χ0n) is 12.7. The Morgan fingerprint density at radius 1 is 0.826 bits per heavy atom. The lowest BCUT2D eigenvalue weighted by Gasteiger charge is -2.43. The van der Waals surface area contributed by atoms with E-state index in [9.17, 15) is 9.59 Å². The van der Waals surface area contributed by atoms with Crippen molar-refractivity contribution >= 4 is 11.9 Å². The molecule has 0 amide bonds. The predicted octanol–water partition coefficient (Wildman–Crippen LogP) is 0.223. The molecule has 8 nitrogen and oxygen atoms in total. The van der Waals surface area contributed by atoms with E-state index in [0.717, 1.165) is 12.5 Å². The van der Waals surface area contributed by atoms with Crippen LogP contribution in [0.3, 0.4) is 0 Å². The van der Waals surface area contributed by atoms with E-state index in [-0.39, 0.29) is 18.0 Å². The number of carbonyl (C=O) groups excluding carboxylic acids is 2. The largest absolute Gasteiger partial charge is 0.489 e. The molecule has 23 heavy (non-hydrogen) atoms. The van der Waals surface area contributed by atoms with Crippen LogP contribution in [0.15, 0.2) is 12.5 Å². The Hall–Kier alpha value is -1.66. The minimum Gasteiger partial charge on any atom is -0.489 e. The van der Waals surface area contributed by atoms with Gasteiger partial charge in [0.2, 0.25) is 0 Å². The third kappa shape index (κ3) is 5.80. The molecular weight excluding hydrogens is 308 g/mol. The summed E-state index contributed by atoms with van der Waals surface area (Å²) in [5.74, 6) is 3.07. The van der Waals surface area contributed by atoms with Gasteiger partial charge in [-0.25, -0.2) is 9.59 Å². The second-order valence-electron chi connectivity index (χ2n) is 5.39. The van der Waals surface area contributed by atoms with Crippen LogP contribution in [0.1, 0.15) is 12.8 Å². The molecule has 0 atom stereocenters. The second kappa shape index (κ2) is 9.47. The summed E-state index contributed by atoms with van der Waals surface area (Å²) in [4.78, 5) is 19.9. The van der Waals surface area contributed by atoms with E-state index in [1.165, 1.54) is 11.9 Å². The van der Waals surface area contributed by atoms with Crippen molar-refractivity contribution in [3.05, 3.63) is 12.5 Å². The van der Waals surface area contributed by atoms with Crippen LogP contribution in [-0.4, -0.2) is 64.1 Å². The molecule has 2 heterocycles. The Morgan fingerprint density at radius 2 is 1.22 bits per heavy atom. The van der Waals surface area contributed by atoms with Gasteiger partial charge >= 0.3 is 0 Å². The average Bonchev–Trinajstić information content (AvgIpc) is 2.59. The number of hydrogen-bond donors (Lipinski definition) is 0. The molecule has 8 heteroatoms. The zero-order chi connectivity index (χ0) is 16.4. The number of hydrogen-bond acceptors (Lipinski definition) is 8. The molecule has 0 aromatic heterocycles. The van der Waals surface area contributed by atoms with E-state index < -0.39 is 0 Å². The van der Waals surface area contributed by atoms with Crippen molar-refractivity contribution < 1.29 is 38.0 Å². The summed E-state index contributed by atoms with van der Waals surface area (Å²) >= 11 is 0. The van der Waals surface area contributed by atoms with Crippen molar-refractivity contribution in [1.29, 1.82) is 0 Å². The first kappa shape index (κ1) is 17.7. The minimum absolute atomic E-state index is 0.305. The van der Waals surface area contributed by atoms with Crippen LogP contribution in [0.4, 0.5) is 0 Å². The van der Waals surface area contributed by atoms with Gasteiger partial charge in [-0.1, -0.05) is 0 Å². The molecule has 128 valence electrons. The molecule has 0 unspecified atom stereocenters. The fourth-order valence-electron chi connectivity index (χ4n) is 2.27. The molecule has 0 aliphatic carbocycles. The van der Waals surface area contributed by atoms with E-state index in [2.05, 4.69) is 0 Å². The van der Waals surface area contributed by atoms with Gasteiger partial charge in [-0.15, -0.1) is 0 Å². The van der Waals surface area contributed by atoms with Crippen LogP contribution in [0.2, 0.25) is 0 Å². The van der Waals surface area contributed by atoms with Crippen molar-refractivity contribution in [2.45, 2.75) is 25.4 Å². The maximum atomic E-state index is 9.96. The SMILES string of the molecule is O=C=COCCC1OCC2(CO1)COC(CCOC=C=O)OC2. The van der Waals surface area contributed by atoms with Gasteiger partial charge in [0.05, 0.1) is 45.1 Å². The third-order valence-corrected chi connectivity index (χ3v) is 3.51. The summed E-state index contributed by atoms with van der Waals surface area (Å²) < 4.78 is 32.4. The molecule has 0 radical (unpaired) electrons. The molecule has 0 N–H and O–H groups in total. The lowest BCUT2D eigenvalue weighted by molar-refractivity contribution is -0.305. The van der Waals surface area contributed by atoms with E-state index in [4.69, 9.17) is 28.4 Å². The summed E-state index contributed by atoms with van der Waals surface area (Å²) in [7, 11) is 0. The van der Waals surface area contributed by atoms with Gasteiger partial charge in [0.25, 0.3) is 0 Å². The first-order chi connectivity index (χ1) is 11.3. The fraction of sp³-hybridized carbons (Fsp3) is 0.733. The first-order valence-corrected chi connectivity index (χ1v) is 7.36. The maximum absolute atomic E-state index is 9.96. The smallest absolute Gasteiger partial charge is 0.166 e. The van der Waals surface area contributed by atoms with Crippen LogP contribution in [-0.2, 0) is 38.0 Å². The van der Waals surface area contributed by atoms with Crippen molar-refractivity contribution in [3.8, 4) is 0 Å². The Kier molecular flexibility index (Phi) is 7.29. The molecule has 0 bridgehead atoms. The van der Waals surface area contributed by atoms with Crippen LogP contribution in [0.5, 0.6) is 0 Å². The van der Waals surface area contributed by atoms with Crippen molar-refractivity contribution in [2.24, 2.45) is 5.41 Å². The Balaban J connectivity index is 1.63. The van der Waals surface area contributed by atoms with Gasteiger partial charge in [0.15, 0.2) is 37.0 Å². The summed E-state index contributed by atoms with van der Waals surface area (Å²) in [6.07, 6.45) is 2.29. The Morgan fingerprint density at radius 3 is 1.57 bits per heavy atom. The highest BCUT2D eigenvalue weighted by Gasteiger charge is 2.41. The molecular formula is C15H20O8. The van der Waals surface area contributed by atoms with Crippen LogP contribution >= 0.6 is 0 Å². The normalized spacial score (nSPS) is 30.1. The molecule has 2 aliphatic rings. The van der Waals surface area contributed by atoms with Gasteiger partial charge in [0.1, 0.15) is 0 Å². The Labute approximate surface area is 133 Å². The van der Waals surface area contributed by atoms with Gasteiger partial charge in [-0.2, -0.15) is 0 Å². The molecule has 2 aliphatic heterocycles. The van der Waals surface area contributed by atoms with Crippen LogP contribution < -0.4 is 0 Å².